The summed E-state index contributed by atoms with van der Waals surface area (Å²) in [6.07, 6.45) is 9.10. The molecule has 2 amide bonds. The van der Waals surface area contributed by atoms with Crippen LogP contribution in [0.15, 0.2) is 42.9 Å². The van der Waals surface area contributed by atoms with Crippen molar-refractivity contribution in [1.82, 2.24) is 19.8 Å². The summed E-state index contributed by atoms with van der Waals surface area (Å²) >= 11 is 0. The van der Waals surface area contributed by atoms with Crippen LogP contribution in [0.4, 0.5) is 0 Å². The molecule has 7 nitrogen and oxygen atoms in total. The number of amides is 2. The second-order valence-electron chi connectivity index (χ2n) is 8.08. The van der Waals surface area contributed by atoms with Gasteiger partial charge < -0.3 is 14.9 Å². The molecule has 2 aromatic heterocycles. The van der Waals surface area contributed by atoms with Crippen LogP contribution in [-0.4, -0.2) is 62.9 Å². The summed E-state index contributed by atoms with van der Waals surface area (Å²) in [5.41, 5.74) is 1.37. The van der Waals surface area contributed by atoms with E-state index in [1.165, 1.54) is 17.8 Å². The van der Waals surface area contributed by atoms with E-state index in [0.29, 0.717) is 19.5 Å². The number of carbonyl (C=O) groups excluding carboxylic acids is 2. The van der Waals surface area contributed by atoms with Gasteiger partial charge in [-0.2, -0.15) is 0 Å². The van der Waals surface area contributed by atoms with Crippen LogP contribution in [0.3, 0.4) is 0 Å². The summed E-state index contributed by atoms with van der Waals surface area (Å²) in [7, 11) is 0. The van der Waals surface area contributed by atoms with Gasteiger partial charge in [0.2, 0.25) is 5.91 Å². The first kappa shape index (κ1) is 19.4. The van der Waals surface area contributed by atoms with Gasteiger partial charge in [-0.3, -0.25) is 14.6 Å². The quantitative estimate of drug-likeness (QED) is 0.860. The zero-order valence-corrected chi connectivity index (χ0v) is 16.5. The number of hydrogen-bond donors (Lipinski definition) is 1. The van der Waals surface area contributed by atoms with Crippen molar-refractivity contribution in [3.63, 3.8) is 0 Å². The molecule has 0 bridgehead atoms. The molecule has 4 heterocycles. The number of aromatic nitrogens is 2. The molecule has 29 heavy (non-hydrogen) atoms. The zero-order valence-electron chi connectivity index (χ0n) is 16.5. The SMILES string of the molecule is O=C1CCC2(CCN(C(=O)c3ncccc3O)CC2)CN1CCc1ccncc1. The molecule has 0 aromatic carbocycles. The molecule has 4 rings (SSSR count). The monoisotopic (exact) mass is 394 g/mol. The van der Waals surface area contributed by atoms with Crippen molar-refractivity contribution in [3.05, 3.63) is 54.1 Å². The van der Waals surface area contributed by atoms with E-state index < -0.39 is 0 Å². The molecule has 0 atom stereocenters. The Morgan fingerprint density at radius 3 is 2.59 bits per heavy atom. The first-order chi connectivity index (χ1) is 14.1. The molecule has 152 valence electrons. The minimum absolute atomic E-state index is 0.0785. The van der Waals surface area contributed by atoms with Crippen LogP contribution in [0.2, 0.25) is 0 Å². The van der Waals surface area contributed by atoms with Crippen LogP contribution in [-0.2, 0) is 11.2 Å². The van der Waals surface area contributed by atoms with Gasteiger partial charge in [0.25, 0.3) is 5.91 Å². The lowest BCUT2D eigenvalue weighted by Crippen LogP contribution is -2.52. The minimum atomic E-state index is -0.223. The molecule has 2 aliphatic heterocycles. The maximum Gasteiger partial charge on any atom is 0.276 e. The van der Waals surface area contributed by atoms with Gasteiger partial charge in [0.15, 0.2) is 5.69 Å². The maximum absolute atomic E-state index is 12.7. The molecule has 0 aliphatic carbocycles. The van der Waals surface area contributed by atoms with Gasteiger partial charge in [-0.25, -0.2) is 4.98 Å². The summed E-state index contributed by atoms with van der Waals surface area (Å²) in [5, 5.41) is 9.91. The van der Waals surface area contributed by atoms with Crippen LogP contribution in [0.1, 0.15) is 41.7 Å². The van der Waals surface area contributed by atoms with Gasteiger partial charge in [0, 0.05) is 51.2 Å². The Morgan fingerprint density at radius 2 is 1.86 bits per heavy atom. The zero-order chi connectivity index (χ0) is 20.3. The van der Waals surface area contributed by atoms with Crippen molar-refractivity contribution in [2.75, 3.05) is 26.2 Å². The summed E-state index contributed by atoms with van der Waals surface area (Å²) in [6.45, 7) is 2.73. The second-order valence-corrected chi connectivity index (χ2v) is 8.08. The number of hydrogen-bond acceptors (Lipinski definition) is 5. The molecule has 0 unspecified atom stereocenters. The van der Waals surface area contributed by atoms with Crippen molar-refractivity contribution < 1.29 is 14.7 Å². The van der Waals surface area contributed by atoms with E-state index in [1.54, 1.807) is 23.4 Å². The van der Waals surface area contributed by atoms with E-state index in [-0.39, 0.29) is 28.7 Å². The Bertz CT molecular complexity index is 879. The smallest absolute Gasteiger partial charge is 0.276 e. The van der Waals surface area contributed by atoms with E-state index in [4.69, 9.17) is 0 Å². The number of piperidine rings is 2. The predicted octanol–water partition coefficient (Wildman–Crippen LogP) is 2.27. The van der Waals surface area contributed by atoms with Crippen molar-refractivity contribution in [3.8, 4) is 5.75 Å². The Labute approximate surface area is 170 Å². The Kier molecular flexibility index (Phi) is 5.47. The topological polar surface area (TPSA) is 86.6 Å². The molecule has 2 saturated heterocycles. The largest absolute Gasteiger partial charge is 0.505 e. The predicted molar refractivity (Wildman–Crippen MR) is 107 cm³/mol. The Morgan fingerprint density at radius 1 is 1.10 bits per heavy atom. The molecular weight excluding hydrogens is 368 g/mol. The van der Waals surface area contributed by atoms with E-state index in [9.17, 15) is 14.7 Å². The molecule has 2 aliphatic rings. The van der Waals surface area contributed by atoms with Gasteiger partial charge in [-0.1, -0.05) is 0 Å². The number of nitrogens with zero attached hydrogens (tertiary/aromatic N) is 4. The summed E-state index contributed by atoms with van der Waals surface area (Å²) < 4.78 is 0. The fraction of sp³-hybridized carbons (Fsp3) is 0.455. The van der Waals surface area contributed by atoms with Gasteiger partial charge >= 0.3 is 0 Å². The van der Waals surface area contributed by atoms with Crippen LogP contribution >= 0.6 is 0 Å². The van der Waals surface area contributed by atoms with E-state index >= 15 is 0 Å². The van der Waals surface area contributed by atoms with Crippen molar-refractivity contribution in [2.45, 2.75) is 32.1 Å². The highest BCUT2D eigenvalue weighted by Crippen LogP contribution is 2.40. The molecular formula is C22H26N4O3. The molecule has 2 fully saturated rings. The molecule has 7 heteroatoms. The van der Waals surface area contributed by atoms with E-state index in [1.807, 2.05) is 17.0 Å². The highest BCUT2D eigenvalue weighted by Gasteiger charge is 2.41. The van der Waals surface area contributed by atoms with Gasteiger partial charge in [-0.15, -0.1) is 0 Å². The van der Waals surface area contributed by atoms with Crippen molar-refractivity contribution in [1.29, 1.82) is 0 Å². The van der Waals surface area contributed by atoms with Crippen LogP contribution < -0.4 is 0 Å². The third-order valence-electron chi connectivity index (χ3n) is 6.27. The lowest BCUT2D eigenvalue weighted by Gasteiger charge is -2.47. The minimum Gasteiger partial charge on any atom is -0.505 e. The fourth-order valence-corrected chi connectivity index (χ4v) is 4.42. The highest BCUT2D eigenvalue weighted by molar-refractivity contribution is 5.94. The van der Waals surface area contributed by atoms with Crippen LogP contribution in [0.5, 0.6) is 5.75 Å². The summed E-state index contributed by atoms with van der Waals surface area (Å²) in [6, 6.07) is 7.07. The number of pyridine rings is 2. The first-order valence-corrected chi connectivity index (χ1v) is 10.2. The molecule has 0 radical (unpaired) electrons. The van der Waals surface area contributed by atoms with Crippen molar-refractivity contribution in [2.24, 2.45) is 5.41 Å². The average molecular weight is 394 g/mol. The third kappa shape index (κ3) is 4.23. The van der Waals surface area contributed by atoms with Gasteiger partial charge in [-0.05, 0) is 60.9 Å². The Balaban J connectivity index is 1.36. The van der Waals surface area contributed by atoms with Crippen LogP contribution in [0.25, 0.3) is 0 Å². The van der Waals surface area contributed by atoms with Crippen LogP contribution in [0, 0.1) is 5.41 Å². The lowest BCUT2D eigenvalue weighted by molar-refractivity contribution is -0.138. The lowest BCUT2D eigenvalue weighted by atomic mass is 9.72. The summed E-state index contributed by atoms with van der Waals surface area (Å²) in [5.74, 6) is -0.0793. The highest BCUT2D eigenvalue weighted by atomic mass is 16.3. The normalized spacial score (nSPS) is 18.8. The summed E-state index contributed by atoms with van der Waals surface area (Å²) in [4.78, 5) is 37.0. The number of rotatable bonds is 4. The van der Waals surface area contributed by atoms with Crippen molar-refractivity contribution >= 4 is 11.8 Å². The molecule has 0 saturated carbocycles. The average Bonchev–Trinajstić information content (AvgIpc) is 2.76. The van der Waals surface area contributed by atoms with E-state index in [2.05, 4.69) is 9.97 Å². The fourth-order valence-electron chi connectivity index (χ4n) is 4.42. The standard InChI is InChI=1S/C22H26N4O3/c27-18-2-1-10-24-20(18)21(29)25-14-8-22(9-15-25)7-3-19(28)26(16-22)13-6-17-4-11-23-12-5-17/h1-2,4-5,10-12,27H,3,6-9,13-16H2. The Hall–Kier alpha value is -2.96. The maximum atomic E-state index is 12.7. The number of aromatic hydroxyl groups is 1. The third-order valence-corrected chi connectivity index (χ3v) is 6.27. The molecule has 1 spiro atoms. The second kappa shape index (κ2) is 8.19. The number of carbonyl (C=O) groups is 2. The van der Waals surface area contributed by atoms with Gasteiger partial charge in [0.05, 0.1) is 0 Å². The van der Waals surface area contributed by atoms with Gasteiger partial charge in [0.1, 0.15) is 5.75 Å². The molecule has 1 N–H and O–H groups in total. The molecule has 2 aromatic rings. The van der Waals surface area contributed by atoms with E-state index in [0.717, 1.165) is 38.8 Å². The number of likely N-dealkylation sites (tertiary alicyclic amines) is 2. The first-order valence-electron chi connectivity index (χ1n) is 10.2.